The minimum Gasteiger partial charge on any atom is -0.381 e. The highest BCUT2D eigenvalue weighted by atomic mass is 16.5. The maximum Gasteiger partial charge on any atom is 0.0478 e. The molecule has 1 N–H and O–H groups in total. The summed E-state index contributed by atoms with van der Waals surface area (Å²) in [7, 11) is 0. The molecule has 0 bridgehead atoms. The van der Waals surface area contributed by atoms with Crippen LogP contribution in [0.2, 0.25) is 0 Å². The summed E-state index contributed by atoms with van der Waals surface area (Å²) in [5.74, 6) is 0.865. The zero-order chi connectivity index (χ0) is 13.9. The zero-order valence-electron chi connectivity index (χ0n) is 13.3. The van der Waals surface area contributed by atoms with Crippen molar-refractivity contribution >= 4 is 0 Å². The molecule has 0 aromatic heterocycles. The van der Waals surface area contributed by atoms with E-state index in [2.05, 4.69) is 31.0 Å². The Morgan fingerprint density at radius 3 is 2.53 bits per heavy atom. The van der Waals surface area contributed by atoms with E-state index in [4.69, 9.17) is 4.74 Å². The molecule has 0 aromatic carbocycles. The summed E-state index contributed by atoms with van der Waals surface area (Å²) in [4.78, 5) is 2.61. The van der Waals surface area contributed by atoms with Crippen LogP contribution < -0.4 is 5.32 Å². The summed E-state index contributed by atoms with van der Waals surface area (Å²) in [5, 5.41) is 3.68. The molecular formula is C16H34N2O. The van der Waals surface area contributed by atoms with E-state index in [0.29, 0.717) is 6.04 Å². The molecule has 1 fully saturated rings. The first-order chi connectivity index (χ1) is 9.27. The summed E-state index contributed by atoms with van der Waals surface area (Å²) in [6.45, 7) is 13.6. The molecule has 1 heterocycles. The Bertz CT molecular complexity index is 203. The highest BCUT2D eigenvalue weighted by Gasteiger charge is 2.22. The Hall–Kier alpha value is -0.120. The predicted molar refractivity (Wildman–Crippen MR) is 82.6 cm³/mol. The number of nitrogens with one attached hydrogen (secondary N) is 1. The highest BCUT2D eigenvalue weighted by Crippen LogP contribution is 2.20. The standard InChI is InChI=1S/C16H34N2O/c1-4-10-18-11-7-16(8-12-18)15(3)17-9-6-14-19-13-5-2/h15-17H,4-14H2,1-3H3. The molecule has 1 saturated heterocycles. The van der Waals surface area contributed by atoms with Crippen molar-refractivity contribution < 1.29 is 4.74 Å². The third kappa shape index (κ3) is 7.28. The molecule has 0 aliphatic carbocycles. The van der Waals surface area contributed by atoms with Crippen LogP contribution in [-0.4, -0.2) is 50.3 Å². The monoisotopic (exact) mass is 270 g/mol. The molecule has 0 aromatic rings. The van der Waals surface area contributed by atoms with E-state index >= 15 is 0 Å². The lowest BCUT2D eigenvalue weighted by atomic mass is 9.90. The van der Waals surface area contributed by atoms with Gasteiger partial charge in [0.05, 0.1) is 0 Å². The van der Waals surface area contributed by atoms with E-state index in [0.717, 1.165) is 38.5 Å². The normalized spacial score (nSPS) is 19.7. The summed E-state index contributed by atoms with van der Waals surface area (Å²) in [6, 6.07) is 0.662. The van der Waals surface area contributed by atoms with Gasteiger partial charge in [0.15, 0.2) is 0 Å². The lowest BCUT2D eigenvalue weighted by molar-refractivity contribution is 0.128. The number of hydrogen-bond donors (Lipinski definition) is 1. The molecular weight excluding hydrogens is 236 g/mol. The maximum atomic E-state index is 5.50. The van der Waals surface area contributed by atoms with Gasteiger partial charge in [-0.15, -0.1) is 0 Å². The summed E-state index contributed by atoms with van der Waals surface area (Å²) in [5.41, 5.74) is 0. The van der Waals surface area contributed by atoms with Gasteiger partial charge in [0.25, 0.3) is 0 Å². The third-order valence-corrected chi connectivity index (χ3v) is 4.16. The maximum absolute atomic E-state index is 5.50. The van der Waals surface area contributed by atoms with Gasteiger partial charge in [-0.05, 0) is 71.1 Å². The van der Waals surface area contributed by atoms with Crippen molar-refractivity contribution in [1.29, 1.82) is 0 Å². The van der Waals surface area contributed by atoms with Crippen LogP contribution in [0.5, 0.6) is 0 Å². The average Bonchev–Trinajstić information content (AvgIpc) is 2.43. The van der Waals surface area contributed by atoms with Crippen LogP contribution in [0.3, 0.4) is 0 Å². The first kappa shape index (κ1) is 16.9. The lowest BCUT2D eigenvalue weighted by Crippen LogP contribution is -2.42. The largest absolute Gasteiger partial charge is 0.381 e. The van der Waals surface area contributed by atoms with Crippen molar-refractivity contribution in [2.24, 2.45) is 5.92 Å². The van der Waals surface area contributed by atoms with Crippen molar-refractivity contribution in [3.05, 3.63) is 0 Å². The van der Waals surface area contributed by atoms with Crippen LogP contribution in [0, 0.1) is 5.92 Å². The van der Waals surface area contributed by atoms with Gasteiger partial charge in [-0.3, -0.25) is 0 Å². The molecule has 0 radical (unpaired) electrons. The number of likely N-dealkylation sites (tertiary alicyclic amines) is 1. The van der Waals surface area contributed by atoms with E-state index in [1.165, 1.54) is 38.9 Å². The Kier molecular flexibility index (Phi) is 9.48. The molecule has 19 heavy (non-hydrogen) atoms. The van der Waals surface area contributed by atoms with Crippen LogP contribution in [-0.2, 0) is 4.74 Å². The van der Waals surface area contributed by atoms with Gasteiger partial charge in [0, 0.05) is 19.3 Å². The van der Waals surface area contributed by atoms with Gasteiger partial charge in [0.1, 0.15) is 0 Å². The van der Waals surface area contributed by atoms with Crippen molar-refractivity contribution in [3.8, 4) is 0 Å². The molecule has 0 spiro atoms. The smallest absolute Gasteiger partial charge is 0.0478 e. The molecule has 0 amide bonds. The van der Waals surface area contributed by atoms with E-state index in [1.807, 2.05) is 0 Å². The Labute approximate surface area is 120 Å². The second kappa shape index (κ2) is 10.6. The van der Waals surface area contributed by atoms with E-state index in [9.17, 15) is 0 Å². The molecule has 1 aliphatic rings. The van der Waals surface area contributed by atoms with Crippen LogP contribution >= 0.6 is 0 Å². The number of hydrogen-bond acceptors (Lipinski definition) is 3. The fraction of sp³-hybridized carbons (Fsp3) is 1.00. The molecule has 1 unspecified atom stereocenters. The van der Waals surface area contributed by atoms with Gasteiger partial charge in [-0.25, -0.2) is 0 Å². The molecule has 3 heteroatoms. The second-order valence-corrected chi connectivity index (χ2v) is 5.89. The summed E-state index contributed by atoms with van der Waals surface area (Å²) in [6.07, 6.45) is 6.27. The first-order valence-corrected chi connectivity index (χ1v) is 8.31. The van der Waals surface area contributed by atoms with Gasteiger partial charge < -0.3 is 15.0 Å². The minimum atomic E-state index is 0.662. The lowest BCUT2D eigenvalue weighted by Gasteiger charge is -2.35. The average molecular weight is 270 g/mol. The van der Waals surface area contributed by atoms with Crippen LogP contribution in [0.1, 0.15) is 52.9 Å². The summed E-state index contributed by atoms with van der Waals surface area (Å²) < 4.78 is 5.50. The molecule has 114 valence electrons. The molecule has 1 aliphatic heterocycles. The quantitative estimate of drug-likeness (QED) is 0.618. The number of nitrogens with zero attached hydrogens (tertiary/aromatic N) is 1. The van der Waals surface area contributed by atoms with E-state index in [1.54, 1.807) is 0 Å². The van der Waals surface area contributed by atoms with Crippen molar-refractivity contribution in [3.63, 3.8) is 0 Å². The molecule has 3 nitrogen and oxygen atoms in total. The fourth-order valence-corrected chi connectivity index (χ4v) is 2.91. The number of rotatable bonds is 10. The number of ether oxygens (including phenoxy) is 1. The Morgan fingerprint density at radius 2 is 1.89 bits per heavy atom. The van der Waals surface area contributed by atoms with Crippen LogP contribution in [0.25, 0.3) is 0 Å². The third-order valence-electron chi connectivity index (χ3n) is 4.16. The fourth-order valence-electron chi connectivity index (χ4n) is 2.91. The summed E-state index contributed by atoms with van der Waals surface area (Å²) >= 11 is 0. The van der Waals surface area contributed by atoms with Gasteiger partial charge in [0.2, 0.25) is 0 Å². The van der Waals surface area contributed by atoms with Crippen molar-refractivity contribution in [1.82, 2.24) is 10.2 Å². The first-order valence-electron chi connectivity index (χ1n) is 8.31. The molecule has 1 atom stereocenters. The SMILES string of the molecule is CCCOCCCNC(C)C1CCN(CCC)CC1. The number of piperidine rings is 1. The topological polar surface area (TPSA) is 24.5 Å². The predicted octanol–water partition coefficient (Wildman–Crippen LogP) is 2.90. The van der Waals surface area contributed by atoms with Crippen LogP contribution in [0.4, 0.5) is 0 Å². The van der Waals surface area contributed by atoms with Crippen molar-refractivity contribution in [2.75, 3.05) is 39.4 Å². The van der Waals surface area contributed by atoms with E-state index in [-0.39, 0.29) is 0 Å². The van der Waals surface area contributed by atoms with Gasteiger partial charge in [-0.1, -0.05) is 13.8 Å². The highest BCUT2D eigenvalue weighted by molar-refractivity contribution is 4.79. The Balaban J connectivity index is 2.02. The van der Waals surface area contributed by atoms with Gasteiger partial charge in [-0.2, -0.15) is 0 Å². The van der Waals surface area contributed by atoms with Crippen LogP contribution in [0.15, 0.2) is 0 Å². The zero-order valence-corrected chi connectivity index (χ0v) is 13.3. The second-order valence-electron chi connectivity index (χ2n) is 5.89. The molecule has 1 rings (SSSR count). The van der Waals surface area contributed by atoms with Gasteiger partial charge >= 0.3 is 0 Å². The van der Waals surface area contributed by atoms with Crippen molar-refractivity contribution in [2.45, 2.75) is 58.9 Å². The molecule has 0 saturated carbocycles. The van der Waals surface area contributed by atoms with E-state index < -0.39 is 0 Å². The Morgan fingerprint density at radius 1 is 1.16 bits per heavy atom. The minimum absolute atomic E-state index is 0.662.